The van der Waals surface area contributed by atoms with Crippen molar-refractivity contribution in [3.05, 3.63) is 18.2 Å². The summed E-state index contributed by atoms with van der Waals surface area (Å²) in [6.45, 7) is 2.29. The quantitative estimate of drug-likeness (QED) is 0.125. The van der Waals surface area contributed by atoms with Crippen LogP contribution in [0.1, 0.15) is 44.7 Å². The maximum Gasteiger partial charge on any atom is 0.245 e. The summed E-state index contributed by atoms with van der Waals surface area (Å²) >= 11 is 0. The Labute approximate surface area is 205 Å². The summed E-state index contributed by atoms with van der Waals surface area (Å²) in [4.78, 5) is 53.6. The van der Waals surface area contributed by atoms with Gasteiger partial charge in [-0.3, -0.25) is 14.4 Å². The number of amides is 1. The largest absolute Gasteiger partial charge is 0.389 e. The van der Waals surface area contributed by atoms with Crippen LogP contribution < -0.4 is 16.4 Å². The molecule has 0 aliphatic heterocycles. The van der Waals surface area contributed by atoms with Gasteiger partial charge in [-0.05, 0) is 32.6 Å². The van der Waals surface area contributed by atoms with Gasteiger partial charge in [-0.15, -0.1) is 0 Å². The number of aromatic nitrogens is 2. The predicted octanol–water partition coefficient (Wildman–Crippen LogP) is -0.943. The van der Waals surface area contributed by atoms with Crippen molar-refractivity contribution in [1.82, 2.24) is 20.6 Å². The number of imidazole rings is 1. The van der Waals surface area contributed by atoms with E-state index in [4.69, 9.17) is 15.2 Å². The highest BCUT2D eigenvalue weighted by atomic mass is 16.5. The fraction of sp³-hybridized carbons (Fsp3) is 0.696. The van der Waals surface area contributed by atoms with Crippen molar-refractivity contribution in [1.29, 1.82) is 0 Å². The SMILES string of the molecule is CC(=O)CCCOCCOCC(=O)NCCCC[C@H](NCC(=O)[C@@H](N)Cc1cnc[nH]1)C(=O)CO. The number of carbonyl (C=O) groups excluding carboxylic acids is 4. The second-order valence-corrected chi connectivity index (χ2v) is 8.23. The molecule has 12 heteroatoms. The maximum atomic E-state index is 12.3. The summed E-state index contributed by atoms with van der Waals surface area (Å²) in [6.07, 6.45) is 6.22. The molecule has 0 aliphatic rings. The van der Waals surface area contributed by atoms with E-state index in [9.17, 15) is 24.3 Å². The predicted molar refractivity (Wildman–Crippen MR) is 128 cm³/mol. The zero-order chi connectivity index (χ0) is 25.9. The number of Topliss-reactive ketones (excluding diaryl/α,β-unsaturated/α-hetero) is 3. The lowest BCUT2D eigenvalue weighted by Crippen LogP contribution is -2.45. The highest BCUT2D eigenvalue weighted by Crippen LogP contribution is 2.03. The molecule has 0 unspecified atom stereocenters. The Morgan fingerprint density at radius 2 is 1.89 bits per heavy atom. The number of H-pyrrole nitrogens is 1. The average Bonchev–Trinajstić information content (AvgIpc) is 3.34. The Morgan fingerprint density at radius 3 is 2.57 bits per heavy atom. The van der Waals surface area contributed by atoms with Crippen LogP contribution in [0.5, 0.6) is 0 Å². The minimum absolute atomic E-state index is 0.0785. The number of rotatable bonds is 22. The van der Waals surface area contributed by atoms with Gasteiger partial charge in [0.1, 0.15) is 19.0 Å². The van der Waals surface area contributed by atoms with Gasteiger partial charge in [0, 0.05) is 37.9 Å². The summed E-state index contributed by atoms with van der Waals surface area (Å²) in [5, 5.41) is 14.8. The minimum atomic E-state index is -0.733. The molecule has 0 aromatic carbocycles. The van der Waals surface area contributed by atoms with Crippen molar-refractivity contribution in [3.8, 4) is 0 Å². The number of nitrogens with two attached hydrogens (primary N) is 1. The highest BCUT2D eigenvalue weighted by Gasteiger charge is 2.20. The van der Waals surface area contributed by atoms with Crippen LogP contribution >= 0.6 is 0 Å². The zero-order valence-electron chi connectivity index (χ0n) is 20.4. The van der Waals surface area contributed by atoms with Crippen molar-refractivity contribution < 1.29 is 33.8 Å². The van der Waals surface area contributed by atoms with Crippen LogP contribution in [-0.2, 0) is 35.1 Å². The van der Waals surface area contributed by atoms with E-state index >= 15 is 0 Å². The molecule has 0 fully saturated rings. The Hall–Kier alpha value is -2.51. The maximum absolute atomic E-state index is 12.3. The molecule has 0 saturated heterocycles. The van der Waals surface area contributed by atoms with Crippen molar-refractivity contribution in [2.24, 2.45) is 5.73 Å². The molecular formula is C23H39N5O7. The number of nitrogens with zero attached hydrogens (tertiary/aromatic N) is 1. The lowest BCUT2D eigenvalue weighted by molar-refractivity contribution is -0.126. The van der Waals surface area contributed by atoms with E-state index in [1.165, 1.54) is 13.3 Å². The van der Waals surface area contributed by atoms with E-state index in [-0.39, 0.29) is 37.2 Å². The summed E-state index contributed by atoms with van der Waals surface area (Å²) in [7, 11) is 0. The van der Waals surface area contributed by atoms with E-state index < -0.39 is 24.5 Å². The van der Waals surface area contributed by atoms with Crippen LogP contribution in [0.3, 0.4) is 0 Å². The third-order valence-corrected chi connectivity index (χ3v) is 5.14. The molecule has 1 amide bonds. The summed E-state index contributed by atoms with van der Waals surface area (Å²) in [5.41, 5.74) is 6.66. The molecule has 1 aromatic rings. The van der Waals surface area contributed by atoms with E-state index in [1.807, 2.05) is 0 Å². The summed E-state index contributed by atoms with van der Waals surface area (Å²) in [6, 6.07) is -1.40. The van der Waals surface area contributed by atoms with E-state index in [2.05, 4.69) is 20.6 Å². The molecule has 2 atom stereocenters. The van der Waals surface area contributed by atoms with Gasteiger partial charge in [-0.25, -0.2) is 4.98 Å². The van der Waals surface area contributed by atoms with Crippen LogP contribution in [0.15, 0.2) is 12.5 Å². The Morgan fingerprint density at radius 1 is 1.11 bits per heavy atom. The Kier molecular flexibility index (Phi) is 16.4. The third-order valence-electron chi connectivity index (χ3n) is 5.14. The Bertz CT molecular complexity index is 757. The molecule has 35 heavy (non-hydrogen) atoms. The van der Waals surface area contributed by atoms with Gasteiger partial charge < -0.3 is 40.7 Å². The molecule has 0 spiro atoms. The fourth-order valence-corrected chi connectivity index (χ4v) is 3.15. The first-order valence-electron chi connectivity index (χ1n) is 11.9. The highest BCUT2D eigenvalue weighted by molar-refractivity contribution is 5.88. The van der Waals surface area contributed by atoms with Crippen LogP contribution in [-0.4, -0.2) is 96.5 Å². The number of aliphatic hydroxyl groups is 1. The summed E-state index contributed by atoms with van der Waals surface area (Å²) in [5.74, 6) is -0.769. The number of nitrogens with one attached hydrogen (secondary N) is 3. The first kappa shape index (κ1) is 30.5. The lowest BCUT2D eigenvalue weighted by Gasteiger charge is -2.18. The number of carbonyl (C=O) groups is 4. The van der Waals surface area contributed by atoms with Crippen molar-refractivity contribution >= 4 is 23.3 Å². The van der Waals surface area contributed by atoms with Gasteiger partial charge in [0.15, 0.2) is 11.6 Å². The monoisotopic (exact) mass is 497 g/mol. The second kappa shape index (κ2) is 18.8. The third kappa shape index (κ3) is 15.2. The standard InChI is InChI=1S/C23H39N5O7/c1-17(30)5-4-8-34-9-10-35-15-23(33)26-7-3-2-6-20(22(32)14-29)27-13-21(31)19(24)11-18-12-25-16-28-18/h12,16,19-20,27,29H,2-11,13-15,24H2,1H3,(H,25,28)(H,26,33)/t19-,20-/m0/s1. The molecule has 1 rings (SSSR count). The van der Waals surface area contributed by atoms with Crippen LogP contribution in [0.25, 0.3) is 0 Å². The first-order valence-corrected chi connectivity index (χ1v) is 11.9. The van der Waals surface area contributed by atoms with E-state index in [1.54, 1.807) is 6.20 Å². The van der Waals surface area contributed by atoms with Gasteiger partial charge in [-0.2, -0.15) is 0 Å². The molecule has 1 aromatic heterocycles. The van der Waals surface area contributed by atoms with Crippen LogP contribution in [0.2, 0.25) is 0 Å². The zero-order valence-corrected chi connectivity index (χ0v) is 20.4. The van der Waals surface area contributed by atoms with Gasteiger partial charge in [0.2, 0.25) is 5.91 Å². The number of aliphatic hydroxyl groups excluding tert-OH is 1. The number of aromatic amines is 1. The number of unbranched alkanes of at least 4 members (excludes halogenated alkanes) is 1. The first-order chi connectivity index (χ1) is 16.8. The molecule has 0 aliphatic carbocycles. The van der Waals surface area contributed by atoms with Crippen LogP contribution in [0, 0.1) is 0 Å². The molecule has 0 saturated carbocycles. The van der Waals surface area contributed by atoms with E-state index in [0.29, 0.717) is 58.3 Å². The molecular weight excluding hydrogens is 458 g/mol. The normalized spacial score (nSPS) is 12.8. The smallest absolute Gasteiger partial charge is 0.245 e. The van der Waals surface area contributed by atoms with Crippen molar-refractivity contribution in [2.75, 3.05) is 46.1 Å². The number of hydrogen-bond donors (Lipinski definition) is 5. The van der Waals surface area contributed by atoms with Gasteiger partial charge in [0.05, 0.1) is 38.2 Å². The summed E-state index contributed by atoms with van der Waals surface area (Å²) < 4.78 is 10.5. The molecule has 12 nitrogen and oxygen atoms in total. The molecule has 0 radical (unpaired) electrons. The fourth-order valence-electron chi connectivity index (χ4n) is 3.15. The second-order valence-electron chi connectivity index (χ2n) is 8.23. The van der Waals surface area contributed by atoms with Crippen molar-refractivity contribution in [2.45, 2.75) is 57.5 Å². The molecule has 6 N–H and O–H groups in total. The molecule has 198 valence electrons. The number of ketones is 3. The minimum Gasteiger partial charge on any atom is -0.389 e. The van der Waals surface area contributed by atoms with E-state index in [0.717, 1.165) is 5.69 Å². The molecule has 1 heterocycles. The lowest BCUT2D eigenvalue weighted by atomic mass is 10.0. The van der Waals surface area contributed by atoms with Gasteiger partial charge >= 0.3 is 0 Å². The Balaban J connectivity index is 2.14. The number of ether oxygens (including phenoxy) is 2. The topological polar surface area (TPSA) is 186 Å². The number of hydrogen-bond acceptors (Lipinski definition) is 10. The average molecular weight is 498 g/mol. The van der Waals surface area contributed by atoms with Crippen LogP contribution in [0.4, 0.5) is 0 Å². The van der Waals surface area contributed by atoms with Gasteiger partial charge in [0.25, 0.3) is 0 Å². The van der Waals surface area contributed by atoms with Crippen molar-refractivity contribution in [3.63, 3.8) is 0 Å². The molecule has 0 bridgehead atoms. The van der Waals surface area contributed by atoms with Gasteiger partial charge in [-0.1, -0.05) is 0 Å².